The highest BCUT2D eigenvalue weighted by atomic mass is 79.9. The molecule has 6 heteroatoms. The zero-order valence-corrected chi connectivity index (χ0v) is 13.9. The van der Waals surface area contributed by atoms with E-state index in [-0.39, 0.29) is 5.82 Å². The summed E-state index contributed by atoms with van der Waals surface area (Å²) in [5.74, 6) is 0.728. The van der Waals surface area contributed by atoms with Gasteiger partial charge >= 0.3 is 0 Å². The summed E-state index contributed by atoms with van der Waals surface area (Å²) in [6, 6.07) is 10.3. The van der Waals surface area contributed by atoms with Gasteiger partial charge in [0.05, 0.1) is 21.7 Å². The van der Waals surface area contributed by atoms with E-state index in [1.807, 2.05) is 12.1 Å². The Kier molecular flexibility index (Phi) is 4.20. The van der Waals surface area contributed by atoms with Crippen LogP contribution in [0.5, 0.6) is 0 Å². The van der Waals surface area contributed by atoms with Crippen LogP contribution in [0.2, 0.25) is 5.02 Å². The molecule has 0 amide bonds. The number of halogens is 4. The number of hydrogen-bond donors (Lipinski definition) is 0. The van der Waals surface area contributed by atoms with Gasteiger partial charge in [-0.2, -0.15) is 0 Å². The minimum Gasteiger partial charge on any atom is -0.291 e. The average molecular weight is 388 g/mol. The molecule has 3 rings (SSSR count). The van der Waals surface area contributed by atoms with Crippen LogP contribution in [0.3, 0.4) is 0 Å². The number of benzene rings is 2. The molecule has 21 heavy (non-hydrogen) atoms. The SMILES string of the molecule is Fc1cccc(Br)c1-n1c(CCCl)nc2cccc(Cl)c21. The summed E-state index contributed by atoms with van der Waals surface area (Å²) in [6.07, 6.45) is 0.521. The largest absolute Gasteiger partial charge is 0.291 e. The molecule has 0 aliphatic rings. The molecule has 108 valence electrons. The van der Waals surface area contributed by atoms with Gasteiger partial charge in [0.2, 0.25) is 0 Å². The Morgan fingerprint density at radius 1 is 1.19 bits per heavy atom. The topological polar surface area (TPSA) is 17.8 Å². The first-order chi connectivity index (χ1) is 10.1. The lowest BCUT2D eigenvalue weighted by molar-refractivity contribution is 0.616. The summed E-state index contributed by atoms with van der Waals surface area (Å²) in [4.78, 5) is 4.53. The summed E-state index contributed by atoms with van der Waals surface area (Å²) >= 11 is 15.5. The van der Waals surface area contributed by atoms with Crippen molar-refractivity contribution in [1.82, 2.24) is 9.55 Å². The Bertz CT molecular complexity index is 797. The first-order valence-electron chi connectivity index (χ1n) is 6.29. The smallest absolute Gasteiger partial charge is 0.148 e. The number of fused-ring (bicyclic) bond motifs is 1. The van der Waals surface area contributed by atoms with Gasteiger partial charge in [-0.05, 0) is 40.2 Å². The Morgan fingerprint density at radius 3 is 2.67 bits per heavy atom. The molecular formula is C15H10BrCl2FN2. The Labute approximate surface area is 139 Å². The highest BCUT2D eigenvalue weighted by molar-refractivity contribution is 9.10. The third-order valence-electron chi connectivity index (χ3n) is 3.18. The molecule has 0 N–H and O–H groups in total. The van der Waals surface area contributed by atoms with Crippen LogP contribution in [0.1, 0.15) is 5.82 Å². The van der Waals surface area contributed by atoms with Gasteiger partial charge in [-0.15, -0.1) is 11.6 Å². The van der Waals surface area contributed by atoms with Crippen LogP contribution in [0.15, 0.2) is 40.9 Å². The van der Waals surface area contributed by atoms with E-state index in [0.29, 0.717) is 38.8 Å². The van der Waals surface area contributed by atoms with Gasteiger partial charge in [-0.1, -0.05) is 23.7 Å². The van der Waals surface area contributed by atoms with Crippen molar-refractivity contribution in [3.8, 4) is 5.69 Å². The van der Waals surface area contributed by atoms with Gasteiger partial charge in [0.25, 0.3) is 0 Å². The van der Waals surface area contributed by atoms with E-state index in [2.05, 4.69) is 20.9 Å². The molecule has 0 aliphatic heterocycles. The number of alkyl halides is 1. The highest BCUT2D eigenvalue weighted by Gasteiger charge is 2.19. The third-order valence-corrected chi connectivity index (χ3v) is 4.31. The van der Waals surface area contributed by atoms with Gasteiger partial charge in [-0.3, -0.25) is 4.57 Å². The first-order valence-corrected chi connectivity index (χ1v) is 8.00. The number of hydrogen-bond acceptors (Lipinski definition) is 1. The molecule has 0 fully saturated rings. The maximum Gasteiger partial charge on any atom is 0.148 e. The van der Waals surface area contributed by atoms with Gasteiger partial charge in [-0.25, -0.2) is 9.37 Å². The summed E-state index contributed by atoms with van der Waals surface area (Å²) < 4.78 is 16.7. The normalized spacial score (nSPS) is 11.2. The van der Waals surface area contributed by atoms with E-state index >= 15 is 0 Å². The summed E-state index contributed by atoms with van der Waals surface area (Å²) in [7, 11) is 0. The quantitative estimate of drug-likeness (QED) is 0.553. The first kappa shape index (κ1) is 14.8. The van der Waals surface area contributed by atoms with E-state index in [9.17, 15) is 4.39 Å². The second-order valence-electron chi connectivity index (χ2n) is 4.48. The zero-order valence-electron chi connectivity index (χ0n) is 10.8. The minimum atomic E-state index is -0.348. The van der Waals surface area contributed by atoms with E-state index < -0.39 is 0 Å². The minimum absolute atomic E-state index is 0.348. The second-order valence-corrected chi connectivity index (χ2v) is 6.12. The Morgan fingerprint density at radius 2 is 1.95 bits per heavy atom. The molecule has 0 spiro atoms. The maximum absolute atomic E-state index is 14.3. The van der Waals surface area contributed by atoms with Gasteiger partial charge in [0.15, 0.2) is 0 Å². The fourth-order valence-corrected chi connectivity index (χ4v) is 3.27. The predicted molar refractivity (Wildman–Crippen MR) is 88.2 cm³/mol. The van der Waals surface area contributed by atoms with Crippen LogP contribution in [-0.2, 0) is 6.42 Å². The van der Waals surface area contributed by atoms with Crippen molar-refractivity contribution < 1.29 is 4.39 Å². The molecule has 2 aromatic carbocycles. The molecule has 0 bridgehead atoms. The summed E-state index contributed by atoms with van der Waals surface area (Å²) in [5.41, 5.74) is 1.80. The van der Waals surface area contributed by atoms with Crippen molar-refractivity contribution in [3.63, 3.8) is 0 Å². The van der Waals surface area contributed by atoms with Crippen molar-refractivity contribution in [3.05, 3.63) is 57.5 Å². The van der Waals surface area contributed by atoms with Crippen LogP contribution >= 0.6 is 39.1 Å². The maximum atomic E-state index is 14.3. The third kappa shape index (κ3) is 2.56. The van der Waals surface area contributed by atoms with Crippen LogP contribution in [0.25, 0.3) is 16.7 Å². The fraction of sp³-hybridized carbons (Fsp3) is 0.133. The molecule has 0 unspecified atom stereocenters. The Balaban J connectivity index is 2.42. The molecule has 0 aliphatic carbocycles. The van der Waals surface area contributed by atoms with Crippen LogP contribution in [-0.4, -0.2) is 15.4 Å². The molecule has 1 aromatic heterocycles. The van der Waals surface area contributed by atoms with Crippen LogP contribution in [0.4, 0.5) is 4.39 Å². The molecule has 3 aromatic rings. The van der Waals surface area contributed by atoms with E-state index in [1.165, 1.54) is 6.07 Å². The lowest BCUT2D eigenvalue weighted by atomic mass is 10.2. The van der Waals surface area contributed by atoms with E-state index in [4.69, 9.17) is 23.2 Å². The Hall–Kier alpha value is -1.10. The summed E-state index contributed by atoms with van der Waals surface area (Å²) in [6.45, 7) is 0. The van der Waals surface area contributed by atoms with E-state index in [0.717, 1.165) is 5.52 Å². The second kappa shape index (κ2) is 5.95. The molecule has 0 saturated carbocycles. The highest BCUT2D eigenvalue weighted by Crippen LogP contribution is 2.32. The van der Waals surface area contributed by atoms with Crippen molar-refractivity contribution in [2.24, 2.45) is 0 Å². The number of para-hydroxylation sites is 2. The number of aryl methyl sites for hydroxylation is 1. The van der Waals surface area contributed by atoms with Crippen molar-refractivity contribution in [2.75, 3.05) is 5.88 Å². The van der Waals surface area contributed by atoms with Crippen LogP contribution < -0.4 is 0 Å². The van der Waals surface area contributed by atoms with Crippen molar-refractivity contribution >= 4 is 50.2 Å². The van der Waals surface area contributed by atoms with Crippen LogP contribution in [0, 0.1) is 5.82 Å². The molecule has 0 saturated heterocycles. The van der Waals surface area contributed by atoms with Crippen molar-refractivity contribution in [1.29, 1.82) is 0 Å². The zero-order chi connectivity index (χ0) is 15.0. The number of aromatic nitrogens is 2. The van der Waals surface area contributed by atoms with Gasteiger partial charge < -0.3 is 0 Å². The molecule has 1 heterocycles. The fourth-order valence-electron chi connectivity index (χ4n) is 2.33. The predicted octanol–water partition coefficient (Wildman–Crippen LogP) is 5.36. The molecule has 0 radical (unpaired) electrons. The standard InChI is InChI=1S/C15H10BrCl2FN2/c16-9-3-1-5-11(19)14(9)21-13(7-8-17)20-12-6-2-4-10(18)15(12)21/h1-6H,7-8H2. The summed E-state index contributed by atoms with van der Waals surface area (Å²) in [5, 5.41) is 0.524. The lowest BCUT2D eigenvalue weighted by Crippen LogP contribution is -2.05. The number of rotatable bonds is 3. The average Bonchev–Trinajstić information content (AvgIpc) is 2.79. The lowest BCUT2D eigenvalue weighted by Gasteiger charge is -2.12. The molecular weight excluding hydrogens is 378 g/mol. The molecule has 0 atom stereocenters. The molecule has 2 nitrogen and oxygen atoms in total. The monoisotopic (exact) mass is 386 g/mol. The number of nitrogens with zero attached hydrogens (tertiary/aromatic N) is 2. The van der Waals surface area contributed by atoms with Gasteiger partial charge in [0, 0.05) is 16.8 Å². The van der Waals surface area contributed by atoms with Crippen molar-refractivity contribution in [2.45, 2.75) is 6.42 Å². The van der Waals surface area contributed by atoms with E-state index in [1.54, 1.807) is 22.8 Å². The van der Waals surface area contributed by atoms with Gasteiger partial charge in [0.1, 0.15) is 11.6 Å². The number of imidazole rings is 1.